The van der Waals surface area contributed by atoms with Crippen molar-refractivity contribution in [2.75, 3.05) is 37.7 Å². The molecule has 1 unspecified atom stereocenters. The summed E-state index contributed by atoms with van der Waals surface area (Å²) in [7, 11) is 0. The van der Waals surface area contributed by atoms with Crippen LogP contribution < -0.4 is 10.2 Å². The second kappa shape index (κ2) is 11.1. The van der Waals surface area contributed by atoms with E-state index in [0.29, 0.717) is 49.7 Å². The molecule has 3 aromatic rings. The molecule has 9 nitrogen and oxygen atoms in total. The number of anilines is 1. The van der Waals surface area contributed by atoms with Crippen molar-refractivity contribution in [1.82, 2.24) is 25.0 Å². The molecule has 0 saturated carbocycles. The zero-order valence-electron chi connectivity index (χ0n) is 21.1. The van der Waals surface area contributed by atoms with E-state index in [2.05, 4.69) is 22.1 Å². The van der Waals surface area contributed by atoms with E-state index >= 15 is 0 Å². The molecule has 40 heavy (non-hydrogen) atoms. The third kappa shape index (κ3) is 4.80. The summed E-state index contributed by atoms with van der Waals surface area (Å²) in [5.41, 5.74) is 0.178. The summed E-state index contributed by atoms with van der Waals surface area (Å²) >= 11 is 0.331. The van der Waals surface area contributed by atoms with Gasteiger partial charge in [-0.05, 0) is 17.7 Å². The van der Waals surface area contributed by atoms with Crippen LogP contribution in [0.5, 0.6) is 0 Å². The smallest absolute Gasteiger partial charge is 0.378 e. The molecule has 3 heterocycles. The number of morpholine rings is 1. The van der Waals surface area contributed by atoms with Gasteiger partial charge in [0.15, 0.2) is 5.82 Å². The van der Waals surface area contributed by atoms with E-state index in [-0.39, 0.29) is 28.5 Å². The summed E-state index contributed by atoms with van der Waals surface area (Å²) in [5, 5.41) is 21.0. The Bertz CT molecular complexity index is 1460. The number of halogens is 3. The summed E-state index contributed by atoms with van der Waals surface area (Å²) in [6.45, 7) is 5.43. The first-order valence-electron chi connectivity index (χ1n) is 12.3. The predicted molar refractivity (Wildman–Crippen MR) is 144 cm³/mol. The van der Waals surface area contributed by atoms with E-state index in [1.54, 1.807) is 34.9 Å². The molecule has 2 aliphatic heterocycles. The topological polar surface area (TPSA) is 99.3 Å². The van der Waals surface area contributed by atoms with Gasteiger partial charge in [0.1, 0.15) is 16.7 Å². The van der Waals surface area contributed by atoms with Crippen molar-refractivity contribution < 1.29 is 22.7 Å². The highest BCUT2D eigenvalue weighted by atomic mass is 32.2. The Morgan fingerprint density at radius 3 is 2.38 bits per heavy atom. The number of nitrogens with one attached hydrogen (secondary N) is 1. The zero-order valence-corrected chi connectivity index (χ0v) is 22.0. The summed E-state index contributed by atoms with van der Waals surface area (Å²) in [5.74, 6) is 0.411. The van der Waals surface area contributed by atoms with Crippen LogP contribution in [0.15, 0.2) is 78.3 Å². The number of urea groups is 1. The number of benzene rings is 2. The molecule has 0 radical (unpaired) electrons. The standard InChI is InChI=1S/C27H24F3N7O2S/c1-2-13-36-23(40-26(27(28,29)30,32-25(36)38)19-9-5-3-6-10-19)21(18-31)22-33-34-24(35-14-16-39-17-15-35)37(22)20-11-7-4-8-12-20/h2-12H,1,13-17H2,(H,32,38)/b23-21-. The molecular weight excluding hydrogens is 543 g/mol. The number of ether oxygens (including phenoxy) is 1. The van der Waals surface area contributed by atoms with Crippen molar-refractivity contribution in [2.45, 2.75) is 11.0 Å². The van der Waals surface area contributed by atoms with E-state index in [4.69, 9.17) is 4.74 Å². The number of nitrogens with zero attached hydrogens (tertiary/aromatic N) is 6. The third-order valence-electron chi connectivity index (χ3n) is 6.42. The number of nitriles is 1. The van der Waals surface area contributed by atoms with Gasteiger partial charge in [-0.3, -0.25) is 9.47 Å². The largest absolute Gasteiger partial charge is 0.425 e. The zero-order chi connectivity index (χ0) is 28.3. The highest BCUT2D eigenvalue weighted by molar-refractivity contribution is 8.04. The number of amides is 2. The van der Waals surface area contributed by atoms with Gasteiger partial charge in [-0.2, -0.15) is 18.4 Å². The van der Waals surface area contributed by atoms with Crippen LogP contribution in [-0.4, -0.2) is 64.7 Å². The van der Waals surface area contributed by atoms with Crippen molar-refractivity contribution in [3.05, 3.63) is 89.7 Å². The Hall–Kier alpha value is -4.28. The number of carbonyl (C=O) groups excluding carboxylic acids is 1. The van der Waals surface area contributed by atoms with Crippen LogP contribution in [0.4, 0.5) is 23.9 Å². The normalized spacial score (nSPS) is 21.0. The molecule has 5 rings (SSSR count). The van der Waals surface area contributed by atoms with Gasteiger partial charge in [-0.1, -0.05) is 66.4 Å². The fourth-order valence-electron chi connectivity index (χ4n) is 4.53. The van der Waals surface area contributed by atoms with Gasteiger partial charge in [0.25, 0.3) is 0 Å². The van der Waals surface area contributed by atoms with Crippen LogP contribution in [-0.2, 0) is 9.61 Å². The summed E-state index contributed by atoms with van der Waals surface area (Å²) in [6.07, 6.45) is -3.55. The lowest BCUT2D eigenvalue weighted by Crippen LogP contribution is -2.60. The molecule has 2 amide bonds. The number of alkyl halides is 3. The molecule has 2 saturated heterocycles. The Balaban J connectivity index is 1.76. The maximum atomic E-state index is 14.9. The van der Waals surface area contributed by atoms with Crippen LogP contribution in [0.2, 0.25) is 0 Å². The van der Waals surface area contributed by atoms with Gasteiger partial charge >= 0.3 is 12.2 Å². The summed E-state index contributed by atoms with van der Waals surface area (Å²) in [4.78, 5) is 13.5. The molecule has 1 N–H and O–H groups in total. The molecule has 0 aliphatic carbocycles. The van der Waals surface area contributed by atoms with E-state index in [1.165, 1.54) is 30.3 Å². The first kappa shape index (κ1) is 27.3. The Morgan fingerprint density at radius 2 is 1.77 bits per heavy atom. The van der Waals surface area contributed by atoms with Gasteiger partial charge in [-0.25, -0.2) is 4.79 Å². The van der Waals surface area contributed by atoms with E-state index < -0.39 is 17.1 Å². The van der Waals surface area contributed by atoms with Gasteiger partial charge in [0, 0.05) is 19.6 Å². The second-order valence-corrected chi connectivity index (χ2v) is 10.1. The highest BCUT2D eigenvalue weighted by Crippen LogP contribution is 2.54. The first-order valence-corrected chi connectivity index (χ1v) is 13.1. The van der Waals surface area contributed by atoms with E-state index in [1.807, 2.05) is 17.0 Å². The average Bonchev–Trinajstić information content (AvgIpc) is 3.40. The number of thioether (sulfide) groups is 1. The fourth-order valence-corrected chi connectivity index (χ4v) is 5.83. The number of hydrogen-bond acceptors (Lipinski definition) is 7. The molecule has 2 fully saturated rings. The summed E-state index contributed by atoms with van der Waals surface area (Å²) in [6, 6.07) is 17.0. The van der Waals surface area contributed by atoms with Crippen LogP contribution in [0, 0.1) is 11.3 Å². The Labute approximate surface area is 232 Å². The minimum absolute atomic E-state index is 0.00518. The molecule has 13 heteroatoms. The molecule has 2 aromatic carbocycles. The lowest BCUT2D eigenvalue weighted by Gasteiger charge is -2.44. The fraction of sp³-hybridized carbons (Fsp3) is 0.259. The number of allylic oxidation sites excluding steroid dienone is 1. The minimum atomic E-state index is -4.92. The predicted octanol–water partition coefficient (Wildman–Crippen LogP) is 4.66. The summed E-state index contributed by atoms with van der Waals surface area (Å²) < 4.78 is 51.7. The minimum Gasteiger partial charge on any atom is -0.378 e. The second-order valence-electron chi connectivity index (χ2n) is 8.86. The SMILES string of the molecule is C=CCN1C(=O)NC(c2ccccc2)(C(F)(F)F)S/C1=C(/C#N)c1nnc(N2CCOCC2)n1-c1ccccc1. The van der Waals surface area contributed by atoms with Gasteiger partial charge in [-0.15, -0.1) is 16.8 Å². The highest BCUT2D eigenvalue weighted by Gasteiger charge is 2.62. The number of rotatable bonds is 6. The van der Waals surface area contributed by atoms with Crippen molar-refractivity contribution in [3.63, 3.8) is 0 Å². The molecule has 1 atom stereocenters. The van der Waals surface area contributed by atoms with Crippen molar-refractivity contribution >= 4 is 29.3 Å². The van der Waals surface area contributed by atoms with Gasteiger partial charge in [0.2, 0.25) is 10.8 Å². The van der Waals surface area contributed by atoms with E-state index in [0.717, 1.165) is 4.90 Å². The quantitative estimate of drug-likeness (QED) is 0.342. The number of carbonyl (C=O) groups is 1. The van der Waals surface area contributed by atoms with E-state index in [9.17, 15) is 23.2 Å². The molecule has 1 aromatic heterocycles. The molecule has 206 valence electrons. The molecule has 0 spiro atoms. The Kier molecular flexibility index (Phi) is 7.55. The average molecular weight is 568 g/mol. The number of aromatic nitrogens is 3. The van der Waals surface area contributed by atoms with Crippen LogP contribution in [0.3, 0.4) is 0 Å². The molecule has 0 bridgehead atoms. The number of hydrogen-bond donors (Lipinski definition) is 1. The molecule has 2 aliphatic rings. The first-order chi connectivity index (χ1) is 19.3. The van der Waals surface area contributed by atoms with Crippen molar-refractivity contribution in [1.29, 1.82) is 5.26 Å². The molecular formula is C27H24F3N7O2S. The van der Waals surface area contributed by atoms with Gasteiger partial charge < -0.3 is 15.0 Å². The third-order valence-corrected chi connectivity index (χ3v) is 7.91. The maximum Gasteiger partial charge on any atom is 0.425 e. The Morgan fingerprint density at radius 1 is 1.12 bits per heavy atom. The van der Waals surface area contributed by atoms with Crippen LogP contribution in [0.25, 0.3) is 11.3 Å². The van der Waals surface area contributed by atoms with Crippen LogP contribution >= 0.6 is 11.8 Å². The van der Waals surface area contributed by atoms with Crippen LogP contribution in [0.1, 0.15) is 11.4 Å². The number of para-hydroxylation sites is 1. The van der Waals surface area contributed by atoms with Gasteiger partial charge in [0.05, 0.1) is 18.9 Å². The lowest BCUT2D eigenvalue weighted by atomic mass is 10.1. The lowest BCUT2D eigenvalue weighted by molar-refractivity contribution is -0.168. The monoisotopic (exact) mass is 567 g/mol. The van der Waals surface area contributed by atoms with Crippen molar-refractivity contribution in [2.24, 2.45) is 0 Å². The van der Waals surface area contributed by atoms with Crippen molar-refractivity contribution in [3.8, 4) is 11.8 Å². The maximum absolute atomic E-state index is 14.9.